The highest BCUT2D eigenvalue weighted by Gasteiger charge is 2.15. The van der Waals surface area contributed by atoms with Crippen LogP contribution in [0.5, 0.6) is 0 Å². The predicted octanol–water partition coefficient (Wildman–Crippen LogP) is 1.36. The van der Waals surface area contributed by atoms with Crippen LogP contribution in [-0.2, 0) is 20.9 Å². The Hall–Kier alpha value is -2.61. The first kappa shape index (κ1) is 17.7. The summed E-state index contributed by atoms with van der Waals surface area (Å²) in [7, 11) is 3.26. The SMILES string of the molecule is CN(Cc1ccco1)C(=O)COC(=O)CN(C)c1ccc(Cl)nn1. The first-order chi connectivity index (χ1) is 11.5. The molecule has 0 saturated heterocycles. The Labute approximate surface area is 144 Å². The lowest BCUT2D eigenvalue weighted by molar-refractivity contribution is -0.150. The molecule has 0 bridgehead atoms. The average molecular weight is 353 g/mol. The fourth-order valence-electron chi connectivity index (χ4n) is 1.81. The summed E-state index contributed by atoms with van der Waals surface area (Å²) in [5, 5.41) is 7.80. The molecular weight excluding hydrogens is 336 g/mol. The number of ether oxygens (including phenoxy) is 1. The van der Waals surface area contributed by atoms with Crippen molar-refractivity contribution in [2.75, 3.05) is 32.1 Å². The number of amides is 1. The number of hydrogen-bond acceptors (Lipinski definition) is 7. The maximum Gasteiger partial charge on any atom is 0.326 e. The molecule has 2 aromatic rings. The maximum absolute atomic E-state index is 11.9. The summed E-state index contributed by atoms with van der Waals surface area (Å²) in [6, 6.07) is 6.70. The molecule has 0 fully saturated rings. The van der Waals surface area contributed by atoms with Crippen molar-refractivity contribution in [3.63, 3.8) is 0 Å². The minimum Gasteiger partial charge on any atom is -0.467 e. The minimum atomic E-state index is -0.547. The molecule has 0 saturated carbocycles. The van der Waals surface area contributed by atoms with Crippen molar-refractivity contribution in [2.45, 2.75) is 6.54 Å². The predicted molar refractivity (Wildman–Crippen MR) is 86.5 cm³/mol. The fourth-order valence-corrected chi connectivity index (χ4v) is 1.91. The minimum absolute atomic E-state index is 0.0640. The van der Waals surface area contributed by atoms with Gasteiger partial charge in [0.15, 0.2) is 17.6 Å². The number of esters is 1. The van der Waals surface area contributed by atoms with Gasteiger partial charge in [0, 0.05) is 14.1 Å². The van der Waals surface area contributed by atoms with Crippen molar-refractivity contribution in [2.24, 2.45) is 0 Å². The van der Waals surface area contributed by atoms with Gasteiger partial charge in [-0.05, 0) is 24.3 Å². The van der Waals surface area contributed by atoms with Crippen molar-refractivity contribution >= 4 is 29.3 Å². The van der Waals surface area contributed by atoms with Gasteiger partial charge in [0.05, 0.1) is 12.8 Å². The van der Waals surface area contributed by atoms with Crippen LogP contribution in [0.25, 0.3) is 0 Å². The van der Waals surface area contributed by atoms with E-state index in [1.165, 1.54) is 11.2 Å². The molecule has 2 aromatic heterocycles. The Morgan fingerprint density at radius 3 is 2.67 bits per heavy atom. The van der Waals surface area contributed by atoms with Gasteiger partial charge in [0.25, 0.3) is 5.91 Å². The summed E-state index contributed by atoms with van der Waals surface area (Å²) in [5.74, 6) is 0.249. The van der Waals surface area contributed by atoms with Crippen LogP contribution in [0.2, 0.25) is 5.15 Å². The van der Waals surface area contributed by atoms with Crippen LogP contribution in [0.4, 0.5) is 5.82 Å². The second-order valence-electron chi connectivity index (χ2n) is 5.06. The summed E-state index contributed by atoms with van der Waals surface area (Å²) in [6.07, 6.45) is 1.53. The van der Waals surface area contributed by atoms with Crippen molar-refractivity contribution in [3.8, 4) is 0 Å². The number of carbonyl (C=O) groups excluding carboxylic acids is 2. The molecule has 0 aliphatic heterocycles. The molecular formula is C15H17ClN4O4. The van der Waals surface area contributed by atoms with Crippen LogP contribution in [0.15, 0.2) is 34.9 Å². The van der Waals surface area contributed by atoms with Gasteiger partial charge in [-0.2, -0.15) is 0 Å². The monoisotopic (exact) mass is 352 g/mol. The number of likely N-dealkylation sites (N-methyl/N-ethyl adjacent to an activating group) is 2. The Morgan fingerprint density at radius 2 is 2.04 bits per heavy atom. The molecule has 128 valence electrons. The lowest BCUT2D eigenvalue weighted by Crippen LogP contribution is -2.33. The van der Waals surface area contributed by atoms with Crippen molar-refractivity contribution < 1.29 is 18.7 Å². The first-order valence-electron chi connectivity index (χ1n) is 7.08. The standard InChI is InChI=1S/C15H17ClN4O4/c1-19(13-6-5-12(16)17-18-13)9-15(22)24-10-14(21)20(2)8-11-4-3-7-23-11/h3-7H,8-10H2,1-2H3. The van der Waals surface area contributed by atoms with E-state index in [0.29, 0.717) is 18.1 Å². The summed E-state index contributed by atoms with van der Waals surface area (Å²) in [6.45, 7) is -0.0919. The molecule has 0 aromatic carbocycles. The van der Waals surface area contributed by atoms with Gasteiger partial charge in [0.1, 0.15) is 12.3 Å². The van der Waals surface area contributed by atoms with Crippen LogP contribution < -0.4 is 4.90 Å². The zero-order valence-electron chi connectivity index (χ0n) is 13.3. The molecule has 2 heterocycles. The van der Waals surface area contributed by atoms with Gasteiger partial charge < -0.3 is 19.0 Å². The molecule has 0 aliphatic carbocycles. The van der Waals surface area contributed by atoms with Gasteiger partial charge in [-0.25, -0.2) is 0 Å². The fraction of sp³-hybridized carbons (Fsp3) is 0.333. The van der Waals surface area contributed by atoms with E-state index in [1.54, 1.807) is 43.3 Å². The van der Waals surface area contributed by atoms with Crippen LogP contribution in [0, 0.1) is 0 Å². The smallest absolute Gasteiger partial charge is 0.326 e. The van der Waals surface area contributed by atoms with E-state index in [4.69, 9.17) is 20.8 Å². The second kappa shape index (κ2) is 8.30. The number of aromatic nitrogens is 2. The number of nitrogens with zero attached hydrogens (tertiary/aromatic N) is 4. The van der Waals surface area contributed by atoms with Crippen LogP contribution in [0.3, 0.4) is 0 Å². The van der Waals surface area contributed by atoms with Crippen molar-refractivity contribution in [3.05, 3.63) is 41.4 Å². The number of halogens is 1. The van der Waals surface area contributed by atoms with E-state index < -0.39 is 5.97 Å². The Balaban J connectivity index is 1.75. The third kappa shape index (κ3) is 5.24. The molecule has 2 rings (SSSR count). The van der Waals surface area contributed by atoms with Gasteiger partial charge in [-0.3, -0.25) is 9.59 Å². The highest BCUT2D eigenvalue weighted by atomic mass is 35.5. The van der Waals surface area contributed by atoms with Gasteiger partial charge >= 0.3 is 5.97 Å². The highest BCUT2D eigenvalue weighted by molar-refractivity contribution is 6.29. The molecule has 9 heteroatoms. The van der Waals surface area contributed by atoms with Gasteiger partial charge in [0.2, 0.25) is 0 Å². The molecule has 0 spiro atoms. The van der Waals surface area contributed by atoms with E-state index in [-0.39, 0.29) is 24.2 Å². The topological polar surface area (TPSA) is 88.8 Å². The van der Waals surface area contributed by atoms with Crippen molar-refractivity contribution in [1.29, 1.82) is 0 Å². The van der Waals surface area contributed by atoms with Gasteiger partial charge in [-0.1, -0.05) is 11.6 Å². The normalized spacial score (nSPS) is 10.3. The molecule has 24 heavy (non-hydrogen) atoms. The zero-order valence-corrected chi connectivity index (χ0v) is 14.1. The Morgan fingerprint density at radius 1 is 1.25 bits per heavy atom. The van der Waals surface area contributed by atoms with E-state index in [9.17, 15) is 9.59 Å². The number of carbonyl (C=O) groups is 2. The number of hydrogen-bond donors (Lipinski definition) is 0. The summed E-state index contributed by atoms with van der Waals surface area (Å²) >= 11 is 5.65. The van der Waals surface area contributed by atoms with Crippen LogP contribution >= 0.6 is 11.6 Å². The molecule has 0 radical (unpaired) electrons. The largest absolute Gasteiger partial charge is 0.467 e. The van der Waals surface area contributed by atoms with Crippen LogP contribution in [-0.4, -0.2) is 54.2 Å². The summed E-state index contributed by atoms with van der Waals surface area (Å²) in [4.78, 5) is 26.7. The molecule has 0 aliphatic rings. The molecule has 1 amide bonds. The lowest BCUT2D eigenvalue weighted by Gasteiger charge is -2.18. The molecule has 0 unspecified atom stereocenters. The van der Waals surface area contributed by atoms with E-state index >= 15 is 0 Å². The summed E-state index contributed by atoms with van der Waals surface area (Å²) < 4.78 is 10.1. The van der Waals surface area contributed by atoms with Crippen LogP contribution in [0.1, 0.15) is 5.76 Å². The quantitative estimate of drug-likeness (QED) is 0.695. The number of anilines is 1. The maximum atomic E-state index is 11.9. The first-order valence-corrected chi connectivity index (χ1v) is 7.46. The average Bonchev–Trinajstić information content (AvgIpc) is 3.06. The van der Waals surface area contributed by atoms with E-state index in [1.807, 2.05) is 0 Å². The highest BCUT2D eigenvalue weighted by Crippen LogP contribution is 2.10. The third-order valence-corrected chi connectivity index (χ3v) is 3.33. The van der Waals surface area contributed by atoms with Gasteiger partial charge in [-0.15, -0.1) is 10.2 Å². The van der Waals surface area contributed by atoms with Crippen molar-refractivity contribution in [1.82, 2.24) is 15.1 Å². The Kier molecular flexibility index (Phi) is 6.14. The lowest BCUT2D eigenvalue weighted by atomic mass is 10.4. The summed E-state index contributed by atoms with van der Waals surface area (Å²) in [5.41, 5.74) is 0. The molecule has 8 nitrogen and oxygen atoms in total. The van der Waals surface area contributed by atoms with E-state index in [0.717, 1.165) is 0 Å². The number of rotatable bonds is 7. The van der Waals surface area contributed by atoms with E-state index in [2.05, 4.69) is 10.2 Å². The number of furan rings is 1. The molecule has 0 atom stereocenters. The zero-order chi connectivity index (χ0) is 17.5. The third-order valence-electron chi connectivity index (χ3n) is 3.13. The second-order valence-corrected chi connectivity index (χ2v) is 5.45. The Bertz CT molecular complexity index is 675. The molecule has 0 N–H and O–H groups in total.